The summed E-state index contributed by atoms with van der Waals surface area (Å²) in [5, 5.41) is 10.7. The maximum Gasteiger partial charge on any atom is 0.229 e. The van der Waals surface area contributed by atoms with E-state index in [4.69, 9.17) is 0 Å². The minimum absolute atomic E-state index is 0.0258. The highest BCUT2D eigenvalue weighted by molar-refractivity contribution is 9.10. The van der Waals surface area contributed by atoms with Gasteiger partial charge in [-0.05, 0) is 24.6 Å². The van der Waals surface area contributed by atoms with Gasteiger partial charge in [-0.25, -0.2) is 8.42 Å². The summed E-state index contributed by atoms with van der Waals surface area (Å²) in [6.07, 6.45) is 0.521. The van der Waals surface area contributed by atoms with Crippen molar-refractivity contribution in [2.24, 2.45) is 5.92 Å². The highest BCUT2D eigenvalue weighted by Gasteiger charge is 2.38. The van der Waals surface area contributed by atoms with Gasteiger partial charge in [0.1, 0.15) is 0 Å². The number of nitrogens with zero attached hydrogens (tertiary/aromatic N) is 2. The van der Waals surface area contributed by atoms with Crippen LogP contribution < -0.4 is 10.2 Å². The van der Waals surface area contributed by atoms with E-state index < -0.39 is 15.8 Å². The molecule has 138 valence electrons. The number of nitrogens with one attached hydrogen (secondary N) is 2. The van der Waals surface area contributed by atoms with Crippen LogP contribution in [0.4, 0.5) is 5.82 Å². The Labute approximate surface area is 158 Å². The van der Waals surface area contributed by atoms with Crippen LogP contribution in [0.1, 0.15) is 12.8 Å². The third kappa shape index (κ3) is 3.23. The lowest BCUT2D eigenvalue weighted by Gasteiger charge is -2.16. The normalized spacial score (nSPS) is 25.1. The van der Waals surface area contributed by atoms with Crippen LogP contribution in [-0.2, 0) is 19.4 Å². The lowest BCUT2D eigenvalue weighted by molar-refractivity contribution is -0.126. The monoisotopic (exact) mass is 440 g/mol. The Balaban J connectivity index is 1.49. The Kier molecular flexibility index (Phi) is 4.26. The zero-order valence-corrected chi connectivity index (χ0v) is 16.1. The summed E-state index contributed by atoms with van der Waals surface area (Å²) in [5.41, 5.74) is 0.797. The number of carbonyl (C=O) groups excluding carboxylic acids is 2. The number of sulfone groups is 1. The second-order valence-corrected chi connectivity index (χ2v) is 9.90. The zero-order chi connectivity index (χ0) is 18.5. The summed E-state index contributed by atoms with van der Waals surface area (Å²) in [6, 6.07) is 5.24. The van der Waals surface area contributed by atoms with Crippen molar-refractivity contribution >= 4 is 54.3 Å². The van der Waals surface area contributed by atoms with Crippen LogP contribution >= 0.6 is 15.9 Å². The summed E-state index contributed by atoms with van der Waals surface area (Å²) < 4.78 is 23.9. The number of anilines is 1. The molecule has 0 spiro atoms. The van der Waals surface area contributed by atoms with E-state index in [0.29, 0.717) is 12.2 Å². The predicted molar refractivity (Wildman–Crippen MR) is 99.5 cm³/mol. The van der Waals surface area contributed by atoms with Crippen molar-refractivity contribution in [2.75, 3.05) is 23.0 Å². The van der Waals surface area contributed by atoms with E-state index >= 15 is 0 Å². The summed E-state index contributed by atoms with van der Waals surface area (Å²) >= 11 is 3.39. The standard InChI is InChI=1S/C16H17BrN4O4S/c17-10-1-2-12-13(6-10)19-20-15(12)21-7-9(5-14(21)22)16(23)18-11-3-4-26(24,25)8-11/h1-2,6,9,11H,3-5,7-8H2,(H,18,23)(H,19,20)/t9-,11+/m1/s1. The number of amides is 2. The molecule has 3 heterocycles. The van der Waals surface area contributed by atoms with Gasteiger partial charge in [-0.15, -0.1) is 0 Å². The summed E-state index contributed by atoms with van der Waals surface area (Å²) in [5.74, 6) is -0.361. The third-order valence-corrected chi connectivity index (χ3v) is 7.10. The highest BCUT2D eigenvalue weighted by atomic mass is 79.9. The number of aromatic nitrogens is 2. The molecule has 2 aromatic rings. The molecule has 2 aliphatic rings. The molecule has 10 heteroatoms. The van der Waals surface area contributed by atoms with Gasteiger partial charge < -0.3 is 5.32 Å². The lowest BCUT2D eigenvalue weighted by Crippen LogP contribution is -2.40. The van der Waals surface area contributed by atoms with E-state index in [0.717, 1.165) is 15.4 Å². The van der Waals surface area contributed by atoms with Crippen LogP contribution in [0.2, 0.25) is 0 Å². The first-order valence-corrected chi connectivity index (χ1v) is 10.9. The molecule has 0 aliphatic carbocycles. The number of benzene rings is 1. The van der Waals surface area contributed by atoms with Crippen molar-refractivity contribution in [3.63, 3.8) is 0 Å². The second-order valence-electron chi connectivity index (χ2n) is 6.75. The van der Waals surface area contributed by atoms with E-state index in [-0.39, 0.29) is 42.3 Å². The van der Waals surface area contributed by atoms with Crippen molar-refractivity contribution in [3.8, 4) is 0 Å². The number of rotatable bonds is 3. The van der Waals surface area contributed by atoms with Crippen molar-refractivity contribution < 1.29 is 18.0 Å². The van der Waals surface area contributed by atoms with Crippen LogP contribution in [-0.4, -0.2) is 54.5 Å². The van der Waals surface area contributed by atoms with Crippen LogP contribution in [0, 0.1) is 5.92 Å². The van der Waals surface area contributed by atoms with Gasteiger partial charge in [-0.2, -0.15) is 5.10 Å². The van der Waals surface area contributed by atoms with Crippen LogP contribution in [0.3, 0.4) is 0 Å². The van der Waals surface area contributed by atoms with E-state index in [1.807, 2.05) is 18.2 Å². The molecule has 0 bridgehead atoms. The molecule has 1 aromatic carbocycles. The average molecular weight is 441 g/mol. The predicted octanol–water partition coefficient (Wildman–Crippen LogP) is 0.982. The van der Waals surface area contributed by atoms with Crippen molar-refractivity contribution in [1.29, 1.82) is 0 Å². The van der Waals surface area contributed by atoms with E-state index in [9.17, 15) is 18.0 Å². The molecule has 0 radical (unpaired) electrons. The van der Waals surface area contributed by atoms with E-state index in [1.165, 1.54) is 4.90 Å². The van der Waals surface area contributed by atoms with Crippen molar-refractivity contribution in [3.05, 3.63) is 22.7 Å². The minimum Gasteiger partial charge on any atom is -0.352 e. The fourth-order valence-electron chi connectivity index (χ4n) is 3.50. The van der Waals surface area contributed by atoms with Crippen LogP contribution in [0.15, 0.2) is 22.7 Å². The minimum atomic E-state index is -3.06. The number of halogens is 1. The summed E-state index contributed by atoms with van der Waals surface area (Å²) in [4.78, 5) is 26.4. The average Bonchev–Trinajstić information content (AvgIpc) is 3.24. The molecule has 2 fully saturated rings. The summed E-state index contributed by atoms with van der Waals surface area (Å²) in [7, 11) is -3.06. The van der Waals surface area contributed by atoms with Gasteiger partial charge >= 0.3 is 0 Å². The van der Waals surface area contributed by atoms with Gasteiger partial charge in [0.15, 0.2) is 15.7 Å². The van der Waals surface area contributed by atoms with Crippen molar-refractivity contribution in [1.82, 2.24) is 15.5 Å². The number of hydrogen-bond acceptors (Lipinski definition) is 5. The van der Waals surface area contributed by atoms with Crippen LogP contribution in [0.25, 0.3) is 10.9 Å². The Morgan fingerprint density at radius 1 is 1.38 bits per heavy atom. The molecule has 4 rings (SSSR count). The summed E-state index contributed by atoms with van der Waals surface area (Å²) in [6.45, 7) is 0.236. The van der Waals surface area contributed by atoms with Gasteiger partial charge in [0.2, 0.25) is 11.8 Å². The molecule has 8 nitrogen and oxygen atoms in total. The zero-order valence-electron chi connectivity index (χ0n) is 13.7. The van der Waals surface area contributed by atoms with Gasteiger partial charge in [-0.1, -0.05) is 15.9 Å². The Morgan fingerprint density at radius 2 is 2.19 bits per heavy atom. The Bertz CT molecular complexity index is 1000. The van der Waals surface area contributed by atoms with Gasteiger partial charge in [0.05, 0.1) is 22.9 Å². The highest BCUT2D eigenvalue weighted by Crippen LogP contribution is 2.31. The smallest absolute Gasteiger partial charge is 0.229 e. The number of carbonyl (C=O) groups is 2. The van der Waals surface area contributed by atoms with Gasteiger partial charge in [-0.3, -0.25) is 19.6 Å². The SMILES string of the molecule is O=C(N[C@H]1CCS(=O)(=O)C1)[C@@H]1CC(=O)N(c2n[nH]c3cc(Br)ccc23)C1. The maximum atomic E-state index is 12.5. The fraction of sp³-hybridized carbons (Fsp3) is 0.438. The van der Waals surface area contributed by atoms with E-state index in [1.54, 1.807) is 0 Å². The molecular weight excluding hydrogens is 424 g/mol. The largest absolute Gasteiger partial charge is 0.352 e. The quantitative estimate of drug-likeness (QED) is 0.738. The molecule has 2 aliphatic heterocycles. The first-order valence-electron chi connectivity index (χ1n) is 8.27. The molecule has 26 heavy (non-hydrogen) atoms. The second kappa shape index (κ2) is 6.34. The first-order chi connectivity index (χ1) is 12.3. The maximum absolute atomic E-state index is 12.5. The Morgan fingerprint density at radius 3 is 2.92 bits per heavy atom. The Hall–Kier alpha value is -1.94. The molecular formula is C16H17BrN4O4S. The molecule has 2 saturated heterocycles. The number of H-pyrrole nitrogens is 1. The molecule has 0 unspecified atom stereocenters. The first kappa shape index (κ1) is 17.5. The molecule has 0 saturated carbocycles. The molecule has 2 amide bonds. The number of fused-ring (bicyclic) bond motifs is 1. The molecule has 1 aromatic heterocycles. The topological polar surface area (TPSA) is 112 Å². The number of hydrogen-bond donors (Lipinski definition) is 2. The lowest BCUT2D eigenvalue weighted by atomic mass is 10.1. The van der Waals surface area contributed by atoms with Gasteiger partial charge in [0, 0.05) is 28.9 Å². The number of aromatic amines is 1. The molecule has 2 atom stereocenters. The van der Waals surface area contributed by atoms with Gasteiger partial charge in [0.25, 0.3) is 0 Å². The van der Waals surface area contributed by atoms with Crippen LogP contribution in [0.5, 0.6) is 0 Å². The molecule has 2 N–H and O–H groups in total. The van der Waals surface area contributed by atoms with Crippen molar-refractivity contribution in [2.45, 2.75) is 18.9 Å². The fourth-order valence-corrected chi connectivity index (χ4v) is 5.53. The third-order valence-electron chi connectivity index (χ3n) is 4.84. The van der Waals surface area contributed by atoms with E-state index in [2.05, 4.69) is 31.4 Å².